The smallest absolute Gasteiger partial charge is 0.238 e. The van der Waals surface area contributed by atoms with Crippen LogP contribution in [0.4, 0.5) is 5.69 Å². The van der Waals surface area contributed by atoms with Crippen molar-refractivity contribution in [2.75, 3.05) is 5.32 Å². The maximum absolute atomic E-state index is 12.1. The van der Waals surface area contributed by atoms with Gasteiger partial charge in [0.1, 0.15) is 0 Å². The van der Waals surface area contributed by atoms with Gasteiger partial charge in [0.15, 0.2) is 0 Å². The van der Waals surface area contributed by atoms with Gasteiger partial charge in [0.25, 0.3) is 0 Å². The summed E-state index contributed by atoms with van der Waals surface area (Å²) in [5.41, 5.74) is 1.87. The topological polar surface area (TPSA) is 102 Å². The van der Waals surface area contributed by atoms with Crippen LogP contribution >= 0.6 is 11.3 Å². The van der Waals surface area contributed by atoms with Gasteiger partial charge in [0.2, 0.25) is 15.9 Å². The lowest BCUT2D eigenvalue weighted by Crippen LogP contribution is -2.16. The number of carbonyl (C=O) groups excluding carboxylic acids is 1. The fraction of sp³-hybridized carbons (Fsp3) is 0.176. The first-order valence-corrected chi connectivity index (χ1v) is 9.97. The molecule has 0 aliphatic rings. The first-order chi connectivity index (χ1) is 11.8. The van der Waals surface area contributed by atoms with Crippen LogP contribution < -0.4 is 10.5 Å². The lowest BCUT2D eigenvalue weighted by atomic mass is 10.2. The second kappa shape index (κ2) is 6.91. The number of hydrogen-bond donors (Lipinski definition) is 2. The zero-order valence-corrected chi connectivity index (χ0v) is 15.2. The number of aryl methyl sites for hydroxylation is 2. The number of amides is 1. The Hall–Kier alpha value is -2.29. The van der Waals surface area contributed by atoms with Gasteiger partial charge in [0.05, 0.1) is 20.1 Å². The molecule has 3 N–H and O–H groups in total. The standard InChI is InChI=1S/C17H17N3O3S2/c1-11-6-7-12(10-15(11)25(18,22)23)19-16(21)8-9-17-20-13-4-2-3-5-14(13)24-17/h2-7,10H,8-9H2,1H3,(H,19,21)(H2,18,22,23). The van der Waals surface area contributed by atoms with E-state index in [4.69, 9.17) is 5.14 Å². The van der Waals surface area contributed by atoms with E-state index in [2.05, 4.69) is 10.3 Å². The SMILES string of the molecule is Cc1ccc(NC(=O)CCc2nc3ccccc3s2)cc1S(N)(=O)=O. The zero-order chi connectivity index (χ0) is 18.0. The Morgan fingerprint density at radius 1 is 1.24 bits per heavy atom. The summed E-state index contributed by atoms with van der Waals surface area (Å²) < 4.78 is 24.2. The molecule has 0 aliphatic carbocycles. The highest BCUT2D eigenvalue weighted by atomic mass is 32.2. The van der Waals surface area contributed by atoms with Crippen LogP contribution in [-0.2, 0) is 21.2 Å². The van der Waals surface area contributed by atoms with Gasteiger partial charge in [-0.3, -0.25) is 4.79 Å². The highest BCUT2D eigenvalue weighted by molar-refractivity contribution is 7.89. The van der Waals surface area contributed by atoms with Crippen molar-refractivity contribution in [1.29, 1.82) is 0 Å². The molecule has 0 spiro atoms. The van der Waals surface area contributed by atoms with E-state index in [1.54, 1.807) is 30.4 Å². The number of nitrogens with zero attached hydrogens (tertiary/aromatic N) is 1. The Bertz CT molecular complexity index is 1010. The fourth-order valence-electron chi connectivity index (χ4n) is 2.46. The first-order valence-electron chi connectivity index (χ1n) is 7.61. The third-order valence-electron chi connectivity index (χ3n) is 3.68. The number of sulfonamides is 1. The van der Waals surface area contributed by atoms with E-state index in [-0.39, 0.29) is 17.2 Å². The molecule has 0 aliphatic heterocycles. The van der Waals surface area contributed by atoms with Gasteiger partial charge in [-0.2, -0.15) is 0 Å². The van der Waals surface area contributed by atoms with Gasteiger partial charge in [0, 0.05) is 18.5 Å². The van der Waals surface area contributed by atoms with Crippen LogP contribution in [0.2, 0.25) is 0 Å². The summed E-state index contributed by atoms with van der Waals surface area (Å²) in [4.78, 5) is 16.6. The summed E-state index contributed by atoms with van der Waals surface area (Å²) in [6.07, 6.45) is 0.789. The molecular weight excluding hydrogens is 358 g/mol. The van der Waals surface area contributed by atoms with Gasteiger partial charge < -0.3 is 5.32 Å². The molecule has 0 radical (unpaired) electrons. The van der Waals surface area contributed by atoms with Crippen molar-refractivity contribution in [3.8, 4) is 0 Å². The number of para-hydroxylation sites is 1. The molecule has 0 saturated carbocycles. The van der Waals surface area contributed by atoms with Gasteiger partial charge in [-0.15, -0.1) is 11.3 Å². The van der Waals surface area contributed by atoms with Crippen LogP contribution in [0, 0.1) is 6.92 Å². The normalized spacial score (nSPS) is 11.6. The van der Waals surface area contributed by atoms with Crippen molar-refractivity contribution in [2.45, 2.75) is 24.7 Å². The summed E-state index contributed by atoms with van der Waals surface area (Å²) in [7, 11) is -3.82. The van der Waals surface area contributed by atoms with E-state index < -0.39 is 10.0 Å². The van der Waals surface area contributed by atoms with E-state index in [1.165, 1.54) is 6.07 Å². The molecule has 1 aromatic heterocycles. The third-order valence-corrected chi connectivity index (χ3v) is 5.83. The average molecular weight is 375 g/mol. The molecule has 6 nitrogen and oxygen atoms in total. The molecule has 1 heterocycles. The van der Waals surface area contributed by atoms with Crippen LogP contribution in [0.25, 0.3) is 10.2 Å². The minimum Gasteiger partial charge on any atom is -0.326 e. The van der Waals surface area contributed by atoms with Gasteiger partial charge >= 0.3 is 0 Å². The van der Waals surface area contributed by atoms with Crippen molar-refractivity contribution < 1.29 is 13.2 Å². The second-order valence-electron chi connectivity index (χ2n) is 5.65. The molecule has 2 aromatic carbocycles. The van der Waals surface area contributed by atoms with E-state index in [1.807, 2.05) is 24.3 Å². The summed E-state index contributed by atoms with van der Waals surface area (Å²) in [5, 5.41) is 8.78. The number of thiazole rings is 1. The number of anilines is 1. The Kier molecular flexibility index (Phi) is 4.85. The first kappa shape index (κ1) is 17.5. The molecule has 0 bridgehead atoms. The third kappa shape index (κ3) is 4.22. The number of hydrogen-bond acceptors (Lipinski definition) is 5. The minimum absolute atomic E-state index is 0.0106. The molecule has 8 heteroatoms. The van der Waals surface area contributed by atoms with Crippen molar-refractivity contribution in [2.24, 2.45) is 5.14 Å². The Morgan fingerprint density at radius 2 is 2.00 bits per heavy atom. The molecule has 0 atom stereocenters. The number of fused-ring (bicyclic) bond motifs is 1. The maximum atomic E-state index is 12.1. The van der Waals surface area contributed by atoms with Crippen LogP contribution in [0.1, 0.15) is 17.0 Å². The number of primary sulfonamides is 1. The lowest BCUT2D eigenvalue weighted by Gasteiger charge is -2.08. The van der Waals surface area contributed by atoms with Crippen LogP contribution in [0.3, 0.4) is 0 Å². The number of rotatable bonds is 5. The van der Waals surface area contributed by atoms with Gasteiger partial charge in [-0.05, 0) is 36.8 Å². The Morgan fingerprint density at radius 3 is 2.72 bits per heavy atom. The minimum atomic E-state index is -3.82. The lowest BCUT2D eigenvalue weighted by molar-refractivity contribution is -0.116. The quantitative estimate of drug-likeness (QED) is 0.716. The van der Waals surface area contributed by atoms with Gasteiger partial charge in [-0.25, -0.2) is 18.5 Å². The maximum Gasteiger partial charge on any atom is 0.238 e. The predicted octanol–water partition coefficient (Wildman–Crippen LogP) is 2.82. The van der Waals surface area contributed by atoms with Crippen molar-refractivity contribution in [1.82, 2.24) is 4.98 Å². The molecule has 130 valence electrons. The molecular formula is C17H17N3O3S2. The summed E-state index contributed by atoms with van der Waals surface area (Å²) >= 11 is 1.57. The van der Waals surface area contributed by atoms with E-state index in [0.717, 1.165) is 15.2 Å². The molecule has 3 rings (SSSR count). The van der Waals surface area contributed by atoms with Crippen molar-refractivity contribution >= 4 is 43.2 Å². The number of aromatic nitrogens is 1. The summed E-state index contributed by atoms with van der Waals surface area (Å²) in [6, 6.07) is 12.5. The highest BCUT2D eigenvalue weighted by Crippen LogP contribution is 2.23. The predicted molar refractivity (Wildman–Crippen MR) is 99.1 cm³/mol. The number of carbonyl (C=O) groups is 1. The number of benzene rings is 2. The molecule has 25 heavy (non-hydrogen) atoms. The monoisotopic (exact) mass is 375 g/mol. The number of nitrogens with two attached hydrogens (primary N) is 1. The van der Waals surface area contributed by atoms with Crippen molar-refractivity contribution in [3.63, 3.8) is 0 Å². The van der Waals surface area contributed by atoms with Crippen LogP contribution in [0.15, 0.2) is 47.4 Å². The van der Waals surface area contributed by atoms with Gasteiger partial charge in [-0.1, -0.05) is 18.2 Å². The largest absolute Gasteiger partial charge is 0.326 e. The highest BCUT2D eigenvalue weighted by Gasteiger charge is 2.13. The fourth-order valence-corrected chi connectivity index (χ4v) is 4.23. The summed E-state index contributed by atoms with van der Waals surface area (Å²) in [5.74, 6) is -0.205. The Balaban J connectivity index is 1.66. The molecule has 0 fully saturated rings. The molecule has 3 aromatic rings. The van der Waals surface area contributed by atoms with E-state index in [9.17, 15) is 13.2 Å². The van der Waals surface area contributed by atoms with E-state index in [0.29, 0.717) is 17.7 Å². The molecule has 0 saturated heterocycles. The number of nitrogens with one attached hydrogen (secondary N) is 1. The van der Waals surface area contributed by atoms with Crippen LogP contribution in [0.5, 0.6) is 0 Å². The average Bonchev–Trinajstić information content (AvgIpc) is 2.96. The summed E-state index contributed by atoms with van der Waals surface area (Å²) in [6.45, 7) is 1.65. The van der Waals surface area contributed by atoms with Crippen molar-refractivity contribution in [3.05, 3.63) is 53.0 Å². The Labute approximate surface area is 149 Å². The second-order valence-corrected chi connectivity index (χ2v) is 8.29. The zero-order valence-electron chi connectivity index (χ0n) is 13.5. The molecule has 0 unspecified atom stereocenters. The van der Waals surface area contributed by atoms with Crippen LogP contribution in [-0.4, -0.2) is 19.3 Å². The molecule has 1 amide bonds. The van der Waals surface area contributed by atoms with E-state index >= 15 is 0 Å².